The molecule has 0 fully saturated rings. The first-order chi connectivity index (χ1) is 9.11. The predicted molar refractivity (Wildman–Crippen MR) is 72.1 cm³/mol. The summed E-state index contributed by atoms with van der Waals surface area (Å²) in [4.78, 5) is 21.9. The monoisotopic (exact) mass is 262 g/mol. The lowest BCUT2D eigenvalue weighted by Crippen LogP contribution is -2.01. The highest BCUT2D eigenvalue weighted by Crippen LogP contribution is 2.12. The smallest absolute Gasteiger partial charge is 0.330 e. The van der Waals surface area contributed by atoms with E-state index >= 15 is 0 Å². The summed E-state index contributed by atoms with van der Waals surface area (Å²) in [6.07, 6.45) is 3.37. The summed E-state index contributed by atoms with van der Waals surface area (Å²) >= 11 is 0. The van der Waals surface area contributed by atoms with Crippen LogP contribution in [0.25, 0.3) is 0 Å². The van der Waals surface area contributed by atoms with E-state index in [0.717, 1.165) is 5.56 Å². The average molecular weight is 262 g/mol. The van der Waals surface area contributed by atoms with Crippen LogP contribution < -0.4 is 4.74 Å². The summed E-state index contributed by atoms with van der Waals surface area (Å²) < 4.78 is 10.1. The molecule has 0 aliphatic rings. The minimum absolute atomic E-state index is 0.131. The molecule has 0 spiro atoms. The second kappa shape index (κ2) is 8.08. The van der Waals surface area contributed by atoms with Crippen molar-refractivity contribution >= 4 is 11.8 Å². The molecule has 0 amide bonds. The Labute approximate surface area is 113 Å². The van der Waals surface area contributed by atoms with Crippen LogP contribution in [-0.2, 0) is 20.7 Å². The van der Waals surface area contributed by atoms with Gasteiger partial charge in [-0.15, -0.1) is 0 Å². The minimum Gasteiger partial charge on any atom is -0.490 e. The second-order valence-corrected chi connectivity index (χ2v) is 3.99. The molecule has 0 radical (unpaired) electrons. The van der Waals surface area contributed by atoms with Gasteiger partial charge in [0.1, 0.15) is 18.1 Å². The van der Waals surface area contributed by atoms with Gasteiger partial charge in [0.05, 0.1) is 6.61 Å². The largest absolute Gasteiger partial charge is 0.490 e. The number of carbonyl (C=O) groups is 2. The van der Waals surface area contributed by atoms with Gasteiger partial charge in [0.15, 0.2) is 0 Å². The van der Waals surface area contributed by atoms with Gasteiger partial charge in [-0.05, 0) is 37.6 Å². The molecule has 0 unspecified atom stereocenters. The molecule has 0 heterocycles. The average Bonchev–Trinajstić information content (AvgIpc) is 2.36. The van der Waals surface area contributed by atoms with Crippen molar-refractivity contribution in [2.45, 2.75) is 20.3 Å². The Balaban J connectivity index is 2.37. The lowest BCUT2D eigenvalue weighted by atomic mass is 10.1. The summed E-state index contributed by atoms with van der Waals surface area (Å²) in [6.45, 7) is 3.97. The van der Waals surface area contributed by atoms with Crippen LogP contribution in [0.5, 0.6) is 5.75 Å². The van der Waals surface area contributed by atoms with Gasteiger partial charge in [0.2, 0.25) is 0 Å². The fourth-order valence-corrected chi connectivity index (χ4v) is 1.47. The molecular formula is C15H18O4. The number of ether oxygens (including phenoxy) is 2. The molecule has 0 saturated carbocycles. The Hall–Kier alpha value is -2.10. The molecule has 0 N–H and O–H groups in total. The minimum atomic E-state index is -0.372. The number of benzene rings is 1. The van der Waals surface area contributed by atoms with Crippen molar-refractivity contribution in [3.63, 3.8) is 0 Å². The van der Waals surface area contributed by atoms with Gasteiger partial charge in [0.25, 0.3) is 0 Å². The van der Waals surface area contributed by atoms with Crippen LogP contribution >= 0.6 is 0 Å². The first kappa shape index (κ1) is 15.0. The third-order valence-corrected chi connectivity index (χ3v) is 2.26. The van der Waals surface area contributed by atoms with Crippen molar-refractivity contribution in [1.82, 2.24) is 0 Å². The van der Waals surface area contributed by atoms with Crippen LogP contribution in [0.3, 0.4) is 0 Å². The molecule has 1 rings (SSSR count). The molecule has 0 saturated heterocycles. The lowest BCUT2D eigenvalue weighted by Gasteiger charge is -2.04. The highest BCUT2D eigenvalue weighted by Gasteiger charge is 1.98. The molecule has 0 aliphatic heterocycles. The van der Waals surface area contributed by atoms with Crippen LogP contribution in [0.15, 0.2) is 36.4 Å². The van der Waals surface area contributed by atoms with Crippen LogP contribution in [-0.4, -0.2) is 25.0 Å². The topological polar surface area (TPSA) is 52.6 Å². The van der Waals surface area contributed by atoms with Crippen molar-refractivity contribution in [3.8, 4) is 5.75 Å². The Morgan fingerprint density at radius 3 is 2.47 bits per heavy atom. The van der Waals surface area contributed by atoms with E-state index in [-0.39, 0.29) is 11.8 Å². The molecule has 1 aromatic carbocycles. The summed E-state index contributed by atoms with van der Waals surface area (Å²) in [6, 6.07) is 7.31. The van der Waals surface area contributed by atoms with E-state index in [2.05, 4.69) is 0 Å². The van der Waals surface area contributed by atoms with Crippen LogP contribution in [0.2, 0.25) is 0 Å². The molecule has 4 heteroatoms. The van der Waals surface area contributed by atoms with Gasteiger partial charge < -0.3 is 9.47 Å². The van der Waals surface area contributed by atoms with Gasteiger partial charge in [-0.2, -0.15) is 0 Å². The quantitative estimate of drug-likeness (QED) is 0.559. The van der Waals surface area contributed by atoms with Crippen LogP contribution in [0, 0.1) is 0 Å². The zero-order chi connectivity index (χ0) is 14.1. The lowest BCUT2D eigenvalue weighted by molar-refractivity contribution is -0.137. The summed E-state index contributed by atoms with van der Waals surface area (Å²) in [5.74, 6) is 0.453. The Bertz CT molecular complexity index is 446. The van der Waals surface area contributed by atoms with Gasteiger partial charge in [-0.1, -0.05) is 12.1 Å². The summed E-state index contributed by atoms with van der Waals surface area (Å²) in [7, 11) is 0. The van der Waals surface area contributed by atoms with Crippen molar-refractivity contribution in [1.29, 1.82) is 0 Å². The van der Waals surface area contributed by atoms with E-state index in [9.17, 15) is 9.59 Å². The maximum Gasteiger partial charge on any atom is 0.330 e. The Morgan fingerprint density at radius 2 is 1.89 bits per heavy atom. The van der Waals surface area contributed by atoms with Crippen molar-refractivity contribution < 1.29 is 19.1 Å². The molecule has 4 nitrogen and oxygen atoms in total. The number of ketones is 1. The Morgan fingerprint density at radius 1 is 1.21 bits per heavy atom. The summed E-state index contributed by atoms with van der Waals surface area (Å²) in [5, 5.41) is 0. The van der Waals surface area contributed by atoms with E-state index in [0.29, 0.717) is 25.4 Å². The SMILES string of the molecule is CCOC(=O)/C=C/COc1ccc(CC(C)=O)cc1. The molecule has 0 bridgehead atoms. The number of rotatable bonds is 7. The second-order valence-electron chi connectivity index (χ2n) is 3.99. The fraction of sp³-hybridized carbons (Fsp3) is 0.333. The number of hydrogen-bond donors (Lipinski definition) is 0. The number of carbonyl (C=O) groups excluding carboxylic acids is 2. The predicted octanol–water partition coefficient (Wildman–Crippen LogP) is 2.32. The van der Waals surface area contributed by atoms with Crippen LogP contribution in [0.4, 0.5) is 0 Å². The Kier molecular flexibility index (Phi) is 6.36. The zero-order valence-electron chi connectivity index (χ0n) is 11.2. The van der Waals surface area contributed by atoms with Gasteiger partial charge in [-0.25, -0.2) is 4.79 Å². The van der Waals surface area contributed by atoms with E-state index in [1.807, 2.05) is 12.1 Å². The normalized spacial score (nSPS) is 10.4. The van der Waals surface area contributed by atoms with Gasteiger partial charge in [-0.3, -0.25) is 4.79 Å². The molecule has 0 aliphatic carbocycles. The first-order valence-electron chi connectivity index (χ1n) is 6.16. The zero-order valence-corrected chi connectivity index (χ0v) is 11.2. The molecule has 1 aromatic rings. The molecule has 0 atom stereocenters. The number of hydrogen-bond acceptors (Lipinski definition) is 4. The van der Waals surface area contributed by atoms with Crippen molar-refractivity contribution in [2.75, 3.05) is 13.2 Å². The fourth-order valence-electron chi connectivity index (χ4n) is 1.47. The van der Waals surface area contributed by atoms with E-state index < -0.39 is 0 Å². The van der Waals surface area contributed by atoms with Gasteiger partial charge in [0, 0.05) is 12.5 Å². The third-order valence-electron chi connectivity index (χ3n) is 2.26. The van der Waals surface area contributed by atoms with Crippen molar-refractivity contribution in [2.24, 2.45) is 0 Å². The molecular weight excluding hydrogens is 244 g/mol. The maximum absolute atomic E-state index is 11.0. The summed E-state index contributed by atoms with van der Waals surface area (Å²) in [5.41, 5.74) is 0.960. The van der Waals surface area contributed by atoms with E-state index in [1.165, 1.54) is 6.08 Å². The highest BCUT2D eigenvalue weighted by molar-refractivity contribution is 5.81. The maximum atomic E-state index is 11.0. The number of Topliss-reactive ketones (excluding diaryl/α,β-unsaturated/α-hetero) is 1. The molecule has 19 heavy (non-hydrogen) atoms. The first-order valence-corrected chi connectivity index (χ1v) is 6.16. The van der Waals surface area contributed by atoms with E-state index in [4.69, 9.17) is 9.47 Å². The van der Waals surface area contributed by atoms with E-state index in [1.54, 1.807) is 32.1 Å². The molecule has 0 aromatic heterocycles. The van der Waals surface area contributed by atoms with Crippen molar-refractivity contribution in [3.05, 3.63) is 42.0 Å². The standard InChI is InChI=1S/C15H18O4/c1-3-18-15(17)5-4-10-19-14-8-6-13(7-9-14)11-12(2)16/h4-9H,3,10-11H2,1-2H3/b5-4+. The van der Waals surface area contributed by atoms with Gasteiger partial charge >= 0.3 is 5.97 Å². The molecule has 102 valence electrons. The van der Waals surface area contributed by atoms with Crippen LogP contribution in [0.1, 0.15) is 19.4 Å². The highest BCUT2D eigenvalue weighted by atomic mass is 16.5. The number of esters is 1. The third kappa shape index (κ3) is 6.41.